The Balaban J connectivity index is 1.47. The van der Waals surface area contributed by atoms with Crippen molar-refractivity contribution in [3.63, 3.8) is 0 Å². The molecule has 35 heavy (non-hydrogen) atoms. The molecule has 2 aromatic carbocycles. The summed E-state index contributed by atoms with van der Waals surface area (Å²) in [5.74, 6) is 0.129. The van der Waals surface area contributed by atoms with Crippen LogP contribution < -0.4 is 16.1 Å². The van der Waals surface area contributed by atoms with E-state index in [0.717, 1.165) is 13.0 Å². The van der Waals surface area contributed by atoms with Crippen LogP contribution in [0.1, 0.15) is 27.2 Å². The third kappa shape index (κ3) is 7.21. The standard InChI is InChI=1S/C28H43FN2O3Si/c1-28(2,3)35(24-11-7-5-8-12-24,25-13-9-6-10-14-25)34-20-19-33-18-17-32-16-15-23-21-31(4)22-26(29)27(23)30/h5-14,23,26-27H,15-22,30H2,1-4H3. The van der Waals surface area contributed by atoms with Gasteiger partial charge in [-0.25, -0.2) is 4.39 Å². The van der Waals surface area contributed by atoms with Crippen LogP contribution in [0.2, 0.25) is 5.04 Å². The number of nitrogens with zero attached hydrogens (tertiary/aromatic N) is 1. The number of likely N-dealkylation sites (tertiary alicyclic amines) is 1. The lowest BCUT2D eigenvalue weighted by atomic mass is 9.89. The number of piperidine rings is 1. The van der Waals surface area contributed by atoms with Crippen molar-refractivity contribution < 1.29 is 18.3 Å². The van der Waals surface area contributed by atoms with Gasteiger partial charge in [-0.1, -0.05) is 81.4 Å². The maximum Gasteiger partial charge on any atom is 0.261 e. The van der Waals surface area contributed by atoms with E-state index in [0.29, 0.717) is 39.6 Å². The van der Waals surface area contributed by atoms with Gasteiger partial charge in [0.2, 0.25) is 0 Å². The molecule has 1 heterocycles. The molecule has 3 atom stereocenters. The van der Waals surface area contributed by atoms with Crippen LogP contribution in [0, 0.1) is 5.92 Å². The summed E-state index contributed by atoms with van der Waals surface area (Å²) >= 11 is 0. The van der Waals surface area contributed by atoms with Gasteiger partial charge in [0.1, 0.15) is 6.17 Å². The summed E-state index contributed by atoms with van der Waals surface area (Å²) in [6.07, 6.45) is -0.194. The van der Waals surface area contributed by atoms with Crippen LogP contribution in [-0.4, -0.2) is 78.6 Å². The number of benzene rings is 2. The van der Waals surface area contributed by atoms with E-state index in [1.165, 1.54) is 10.4 Å². The minimum Gasteiger partial charge on any atom is -0.405 e. The Kier molecular flexibility index (Phi) is 10.5. The predicted octanol–water partition coefficient (Wildman–Crippen LogP) is 3.21. The summed E-state index contributed by atoms with van der Waals surface area (Å²) in [4.78, 5) is 2.01. The van der Waals surface area contributed by atoms with E-state index >= 15 is 0 Å². The van der Waals surface area contributed by atoms with Crippen molar-refractivity contribution in [2.75, 3.05) is 53.2 Å². The van der Waals surface area contributed by atoms with Crippen LogP contribution >= 0.6 is 0 Å². The molecule has 2 N–H and O–H groups in total. The first kappa shape index (κ1) is 28.0. The molecule has 1 aliphatic heterocycles. The van der Waals surface area contributed by atoms with E-state index in [-0.39, 0.29) is 11.0 Å². The van der Waals surface area contributed by atoms with Crippen LogP contribution in [0.25, 0.3) is 0 Å². The maximum absolute atomic E-state index is 14.0. The average molecular weight is 503 g/mol. The second-order valence-corrected chi connectivity index (χ2v) is 14.9. The average Bonchev–Trinajstić information content (AvgIpc) is 2.83. The highest BCUT2D eigenvalue weighted by molar-refractivity contribution is 6.99. The van der Waals surface area contributed by atoms with Gasteiger partial charge in [-0.15, -0.1) is 0 Å². The summed E-state index contributed by atoms with van der Waals surface area (Å²) in [7, 11) is -0.586. The molecule has 1 aliphatic rings. The molecule has 194 valence electrons. The molecule has 0 saturated carbocycles. The fraction of sp³-hybridized carbons (Fsp3) is 0.571. The van der Waals surface area contributed by atoms with Gasteiger partial charge < -0.3 is 24.5 Å². The third-order valence-corrected chi connectivity index (χ3v) is 12.0. The SMILES string of the molecule is CN1CC(F)C(N)C(CCOCCOCCO[Si](c2ccccc2)(c2ccccc2)C(C)(C)C)C1. The first-order chi connectivity index (χ1) is 16.8. The minimum absolute atomic E-state index is 0.0501. The molecule has 2 aromatic rings. The molecular formula is C28H43FN2O3Si. The Morgan fingerprint density at radius 1 is 0.857 bits per heavy atom. The van der Waals surface area contributed by atoms with Crippen molar-refractivity contribution in [1.29, 1.82) is 0 Å². The largest absolute Gasteiger partial charge is 0.405 e. The smallest absolute Gasteiger partial charge is 0.261 e. The molecule has 0 bridgehead atoms. The lowest BCUT2D eigenvalue weighted by Gasteiger charge is -2.43. The van der Waals surface area contributed by atoms with E-state index in [2.05, 4.69) is 81.4 Å². The Morgan fingerprint density at radius 2 is 1.37 bits per heavy atom. The molecule has 0 amide bonds. The normalized spacial score (nSPS) is 21.8. The van der Waals surface area contributed by atoms with Crippen LogP contribution in [-0.2, 0) is 13.9 Å². The van der Waals surface area contributed by atoms with Gasteiger partial charge in [0, 0.05) is 25.7 Å². The number of nitrogens with two attached hydrogens (primary N) is 1. The maximum atomic E-state index is 14.0. The number of rotatable bonds is 12. The van der Waals surface area contributed by atoms with E-state index in [4.69, 9.17) is 19.6 Å². The zero-order chi connectivity index (χ0) is 25.3. The van der Waals surface area contributed by atoms with Gasteiger partial charge in [-0.3, -0.25) is 0 Å². The summed E-state index contributed by atoms with van der Waals surface area (Å²) in [6.45, 7) is 10.7. The van der Waals surface area contributed by atoms with Gasteiger partial charge in [0.05, 0.1) is 26.4 Å². The zero-order valence-corrected chi connectivity index (χ0v) is 22.8. The molecule has 0 aliphatic carbocycles. The molecular weight excluding hydrogens is 459 g/mol. The number of alkyl halides is 1. The van der Waals surface area contributed by atoms with E-state index in [1.807, 2.05) is 11.9 Å². The van der Waals surface area contributed by atoms with Crippen molar-refractivity contribution in [2.45, 2.75) is 44.4 Å². The molecule has 7 heteroatoms. The molecule has 1 fully saturated rings. The zero-order valence-electron chi connectivity index (χ0n) is 21.8. The van der Waals surface area contributed by atoms with Crippen molar-refractivity contribution in [2.24, 2.45) is 11.7 Å². The molecule has 0 aromatic heterocycles. The van der Waals surface area contributed by atoms with Gasteiger partial charge in [-0.05, 0) is 34.8 Å². The van der Waals surface area contributed by atoms with Crippen molar-refractivity contribution in [1.82, 2.24) is 4.90 Å². The molecule has 3 rings (SSSR count). The Labute approximate surface area is 211 Å². The summed E-state index contributed by atoms with van der Waals surface area (Å²) in [5.41, 5.74) is 6.04. The lowest BCUT2D eigenvalue weighted by Crippen LogP contribution is -2.66. The number of halogens is 1. The second kappa shape index (κ2) is 13.1. The van der Waals surface area contributed by atoms with Crippen LogP contribution in [0.5, 0.6) is 0 Å². The second-order valence-electron chi connectivity index (χ2n) is 10.6. The highest BCUT2D eigenvalue weighted by Crippen LogP contribution is 2.36. The Hall–Kier alpha value is -1.61. The number of ether oxygens (including phenoxy) is 2. The van der Waals surface area contributed by atoms with Crippen LogP contribution in [0.4, 0.5) is 4.39 Å². The van der Waals surface area contributed by atoms with Crippen molar-refractivity contribution in [3.05, 3.63) is 60.7 Å². The lowest BCUT2D eigenvalue weighted by molar-refractivity contribution is 0.0212. The predicted molar refractivity (Wildman–Crippen MR) is 144 cm³/mol. The molecule has 0 spiro atoms. The molecule has 3 unspecified atom stereocenters. The van der Waals surface area contributed by atoms with Crippen molar-refractivity contribution >= 4 is 18.7 Å². The van der Waals surface area contributed by atoms with E-state index in [1.54, 1.807) is 0 Å². The quantitative estimate of drug-likeness (QED) is 0.357. The fourth-order valence-electron chi connectivity index (χ4n) is 5.17. The molecule has 5 nitrogen and oxygen atoms in total. The first-order valence-corrected chi connectivity index (χ1v) is 14.6. The van der Waals surface area contributed by atoms with Crippen LogP contribution in [0.15, 0.2) is 60.7 Å². The summed E-state index contributed by atoms with van der Waals surface area (Å²) < 4.78 is 32.4. The summed E-state index contributed by atoms with van der Waals surface area (Å²) in [5, 5.41) is 2.49. The van der Waals surface area contributed by atoms with E-state index in [9.17, 15) is 4.39 Å². The van der Waals surface area contributed by atoms with Gasteiger partial charge >= 0.3 is 0 Å². The highest BCUT2D eigenvalue weighted by atomic mass is 28.4. The monoisotopic (exact) mass is 502 g/mol. The van der Waals surface area contributed by atoms with Gasteiger partial charge in [0.25, 0.3) is 8.32 Å². The highest BCUT2D eigenvalue weighted by Gasteiger charge is 2.50. The molecule has 1 saturated heterocycles. The van der Waals surface area contributed by atoms with Crippen LogP contribution in [0.3, 0.4) is 0 Å². The Morgan fingerprint density at radius 3 is 1.91 bits per heavy atom. The first-order valence-electron chi connectivity index (χ1n) is 12.7. The number of hydrogen-bond acceptors (Lipinski definition) is 5. The van der Waals surface area contributed by atoms with Gasteiger partial charge in [-0.2, -0.15) is 0 Å². The third-order valence-electron chi connectivity index (χ3n) is 6.96. The fourth-order valence-corrected chi connectivity index (χ4v) is 9.71. The van der Waals surface area contributed by atoms with Gasteiger partial charge in [0.15, 0.2) is 0 Å². The molecule has 0 radical (unpaired) electrons. The topological polar surface area (TPSA) is 57.0 Å². The number of hydrogen-bond donors (Lipinski definition) is 1. The Bertz CT molecular complexity index is 826. The summed E-state index contributed by atoms with van der Waals surface area (Å²) in [6, 6.07) is 20.9. The van der Waals surface area contributed by atoms with Crippen molar-refractivity contribution in [3.8, 4) is 0 Å². The minimum atomic E-state index is -2.53. The van der Waals surface area contributed by atoms with E-state index < -0.39 is 20.5 Å².